The first-order valence-corrected chi connectivity index (χ1v) is 8.49. The zero-order chi connectivity index (χ0) is 14.2. The molecule has 4 heteroatoms. The molecule has 0 bridgehead atoms. The van der Waals surface area contributed by atoms with E-state index in [1.165, 1.54) is 17.7 Å². The van der Waals surface area contributed by atoms with Crippen LogP contribution >= 0.6 is 11.8 Å². The molecule has 1 fully saturated rings. The van der Waals surface area contributed by atoms with Crippen molar-refractivity contribution < 1.29 is 0 Å². The van der Waals surface area contributed by atoms with Gasteiger partial charge in [0.15, 0.2) is 5.96 Å². The van der Waals surface area contributed by atoms with E-state index in [9.17, 15) is 0 Å². The molecule has 1 aliphatic rings. The summed E-state index contributed by atoms with van der Waals surface area (Å²) in [4.78, 5) is 6.83. The maximum absolute atomic E-state index is 4.43. The summed E-state index contributed by atoms with van der Waals surface area (Å²) in [6.45, 7) is 5.43. The Morgan fingerprint density at radius 1 is 1.40 bits per heavy atom. The van der Waals surface area contributed by atoms with Gasteiger partial charge < -0.3 is 10.2 Å². The minimum absolute atomic E-state index is 0.747. The van der Waals surface area contributed by atoms with E-state index in [2.05, 4.69) is 64.2 Å². The Morgan fingerprint density at radius 2 is 2.20 bits per heavy atom. The zero-order valence-corrected chi connectivity index (χ0v) is 13.3. The van der Waals surface area contributed by atoms with Gasteiger partial charge in [0.1, 0.15) is 0 Å². The highest BCUT2D eigenvalue weighted by Gasteiger charge is 2.21. The third-order valence-corrected chi connectivity index (χ3v) is 5.02. The van der Waals surface area contributed by atoms with Crippen LogP contribution in [0.15, 0.2) is 35.3 Å². The summed E-state index contributed by atoms with van der Waals surface area (Å²) in [5.41, 5.74) is 1.37. The quantitative estimate of drug-likeness (QED) is 0.682. The van der Waals surface area contributed by atoms with Gasteiger partial charge in [0.2, 0.25) is 0 Å². The molecule has 0 spiro atoms. The lowest BCUT2D eigenvalue weighted by molar-refractivity contribution is 0.408. The average molecular weight is 291 g/mol. The van der Waals surface area contributed by atoms with E-state index in [0.717, 1.165) is 37.3 Å². The summed E-state index contributed by atoms with van der Waals surface area (Å²) in [5, 5.41) is 4.25. The molecule has 0 aliphatic carbocycles. The summed E-state index contributed by atoms with van der Waals surface area (Å²) in [6, 6.07) is 10.6. The molecule has 1 saturated heterocycles. The van der Waals surface area contributed by atoms with E-state index in [1.54, 1.807) is 0 Å². The second-order valence-corrected chi connectivity index (χ2v) is 6.46. The van der Waals surface area contributed by atoms with E-state index in [-0.39, 0.29) is 0 Å². The van der Waals surface area contributed by atoms with Crippen molar-refractivity contribution in [2.24, 2.45) is 4.99 Å². The Labute approximate surface area is 126 Å². The van der Waals surface area contributed by atoms with E-state index in [4.69, 9.17) is 0 Å². The second kappa shape index (κ2) is 8.20. The smallest absolute Gasteiger partial charge is 0.193 e. The predicted molar refractivity (Wildman–Crippen MR) is 89.6 cm³/mol. The minimum atomic E-state index is 0.747. The van der Waals surface area contributed by atoms with Gasteiger partial charge in [-0.25, -0.2) is 0 Å². The fourth-order valence-electron chi connectivity index (χ4n) is 2.45. The van der Waals surface area contributed by atoms with Gasteiger partial charge in [0.25, 0.3) is 0 Å². The normalized spacial score (nSPS) is 20.0. The summed E-state index contributed by atoms with van der Waals surface area (Å²) >= 11 is 2.09. The van der Waals surface area contributed by atoms with Crippen LogP contribution in [0.3, 0.4) is 0 Å². The molecule has 1 heterocycles. The van der Waals surface area contributed by atoms with Gasteiger partial charge in [-0.2, -0.15) is 11.8 Å². The van der Waals surface area contributed by atoms with Crippen LogP contribution in [0, 0.1) is 0 Å². The number of nitrogens with zero attached hydrogens (tertiary/aromatic N) is 2. The van der Waals surface area contributed by atoms with Crippen molar-refractivity contribution in [3.05, 3.63) is 35.9 Å². The molecule has 110 valence electrons. The van der Waals surface area contributed by atoms with Crippen LogP contribution in [0.5, 0.6) is 0 Å². The van der Waals surface area contributed by atoms with Crippen molar-refractivity contribution >= 4 is 17.7 Å². The van der Waals surface area contributed by atoms with Gasteiger partial charge >= 0.3 is 0 Å². The molecule has 1 N–H and O–H groups in total. The molecule has 20 heavy (non-hydrogen) atoms. The number of hydrogen-bond acceptors (Lipinski definition) is 2. The number of hydrogen-bond donors (Lipinski definition) is 1. The van der Waals surface area contributed by atoms with Gasteiger partial charge in [-0.15, -0.1) is 0 Å². The first kappa shape index (κ1) is 15.2. The highest BCUT2D eigenvalue weighted by Crippen LogP contribution is 2.20. The number of thioether (sulfide) groups is 1. The van der Waals surface area contributed by atoms with E-state index in [1.807, 2.05) is 7.05 Å². The van der Waals surface area contributed by atoms with Gasteiger partial charge in [-0.05, 0) is 18.4 Å². The van der Waals surface area contributed by atoms with Crippen molar-refractivity contribution in [3.8, 4) is 0 Å². The fraction of sp³-hybridized carbons (Fsp3) is 0.562. The lowest BCUT2D eigenvalue weighted by Gasteiger charge is -2.34. The Kier molecular flexibility index (Phi) is 6.25. The lowest BCUT2D eigenvalue weighted by atomic mass is 10.1. The molecular formula is C16H25N3S. The molecule has 1 atom stereocenters. The number of benzene rings is 1. The fourth-order valence-corrected chi connectivity index (χ4v) is 3.63. The van der Waals surface area contributed by atoms with E-state index in [0.29, 0.717) is 0 Å². The Balaban J connectivity index is 1.80. The average Bonchev–Trinajstić information content (AvgIpc) is 2.52. The van der Waals surface area contributed by atoms with Crippen LogP contribution in [0.2, 0.25) is 0 Å². The van der Waals surface area contributed by atoms with Crippen molar-refractivity contribution in [3.63, 3.8) is 0 Å². The molecule has 1 aromatic carbocycles. The van der Waals surface area contributed by atoms with Crippen LogP contribution in [0.1, 0.15) is 18.9 Å². The van der Waals surface area contributed by atoms with Gasteiger partial charge in [0.05, 0.1) is 0 Å². The predicted octanol–water partition coefficient (Wildman–Crippen LogP) is 2.63. The third-order valence-electron chi connectivity index (χ3n) is 3.65. The first-order chi connectivity index (χ1) is 9.83. The highest BCUT2D eigenvalue weighted by molar-refractivity contribution is 8.00. The van der Waals surface area contributed by atoms with Gasteiger partial charge in [-0.1, -0.05) is 37.3 Å². The second-order valence-electron chi connectivity index (χ2n) is 5.06. The maximum atomic E-state index is 4.43. The number of nitrogens with one attached hydrogen (secondary N) is 1. The standard InChI is InChI=1S/C16H25N3S/c1-3-15-13-19(11-12-20-15)16(17-2)18-10-9-14-7-5-4-6-8-14/h4-8,15H,3,9-13H2,1-2H3,(H,17,18). The molecule has 1 aliphatic heterocycles. The van der Waals surface area contributed by atoms with Crippen molar-refractivity contribution in [2.45, 2.75) is 25.0 Å². The van der Waals surface area contributed by atoms with E-state index >= 15 is 0 Å². The maximum Gasteiger partial charge on any atom is 0.193 e. The molecular weight excluding hydrogens is 266 g/mol. The SMILES string of the molecule is CCC1CN(C(=NC)NCCc2ccccc2)CCS1. The summed E-state index contributed by atoms with van der Waals surface area (Å²) in [6.07, 6.45) is 2.28. The summed E-state index contributed by atoms with van der Waals surface area (Å²) in [5.74, 6) is 2.26. The summed E-state index contributed by atoms with van der Waals surface area (Å²) < 4.78 is 0. The Hall–Kier alpha value is -1.16. The minimum Gasteiger partial charge on any atom is -0.356 e. The highest BCUT2D eigenvalue weighted by atomic mass is 32.2. The molecule has 3 nitrogen and oxygen atoms in total. The number of aliphatic imine (C=N–C) groups is 1. The summed E-state index contributed by atoms with van der Waals surface area (Å²) in [7, 11) is 1.88. The first-order valence-electron chi connectivity index (χ1n) is 7.44. The molecule has 2 rings (SSSR count). The van der Waals surface area contributed by atoms with Crippen molar-refractivity contribution in [1.29, 1.82) is 0 Å². The number of guanidine groups is 1. The van der Waals surface area contributed by atoms with Gasteiger partial charge in [0, 0.05) is 37.7 Å². The molecule has 0 aromatic heterocycles. The molecule has 0 amide bonds. The van der Waals surface area contributed by atoms with Crippen LogP contribution < -0.4 is 5.32 Å². The number of rotatable bonds is 4. The lowest BCUT2D eigenvalue weighted by Crippen LogP contribution is -2.48. The van der Waals surface area contributed by atoms with Crippen molar-refractivity contribution in [1.82, 2.24) is 10.2 Å². The zero-order valence-electron chi connectivity index (χ0n) is 12.5. The molecule has 0 saturated carbocycles. The van der Waals surface area contributed by atoms with E-state index < -0.39 is 0 Å². The Morgan fingerprint density at radius 3 is 2.90 bits per heavy atom. The molecule has 1 unspecified atom stereocenters. The molecule has 0 radical (unpaired) electrons. The Bertz CT molecular complexity index is 419. The van der Waals surface area contributed by atoms with Crippen LogP contribution in [-0.4, -0.2) is 48.5 Å². The van der Waals surface area contributed by atoms with Crippen LogP contribution in [-0.2, 0) is 6.42 Å². The topological polar surface area (TPSA) is 27.6 Å². The van der Waals surface area contributed by atoms with Crippen LogP contribution in [0.4, 0.5) is 0 Å². The van der Waals surface area contributed by atoms with Gasteiger partial charge in [-0.3, -0.25) is 4.99 Å². The van der Waals surface area contributed by atoms with Crippen molar-refractivity contribution in [2.75, 3.05) is 32.4 Å². The molecule has 1 aromatic rings. The monoisotopic (exact) mass is 291 g/mol. The third kappa shape index (κ3) is 4.44. The largest absolute Gasteiger partial charge is 0.356 e. The van der Waals surface area contributed by atoms with Crippen LogP contribution in [0.25, 0.3) is 0 Å².